The van der Waals surface area contributed by atoms with E-state index in [0.717, 1.165) is 11.3 Å². The van der Waals surface area contributed by atoms with Crippen LogP contribution >= 0.6 is 15.9 Å². The fourth-order valence-electron chi connectivity index (χ4n) is 4.01. The summed E-state index contributed by atoms with van der Waals surface area (Å²) in [6.45, 7) is 0.290. The van der Waals surface area contributed by atoms with Gasteiger partial charge >= 0.3 is 5.97 Å². The average molecular weight is 563 g/mol. The molecule has 4 aromatic rings. The number of carbonyl (C=O) groups excluding carboxylic acids is 2. The molecule has 0 saturated heterocycles. The highest BCUT2D eigenvalue weighted by molar-refractivity contribution is 9.10. The predicted octanol–water partition coefficient (Wildman–Crippen LogP) is 5.12. The Morgan fingerprint density at radius 3 is 2.38 bits per heavy atom. The number of hydrogen-bond donors (Lipinski definition) is 2. The van der Waals surface area contributed by atoms with Crippen LogP contribution in [0.5, 0.6) is 5.88 Å². The number of hydrogen-bond acceptors (Lipinski definition) is 6. The number of nitrogens with zero attached hydrogens (tertiary/aromatic N) is 3. The van der Waals surface area contributed by atoms with Crippen LogP contribution in [0.2, 0.25) is 0 Å². The summed E-state index contributed by atoms with van der Waals surface area (Å²) in [5.41, 5.74) is 4.16. The van der Waals surface area contributed by atoms with E-state index in [4.69, 9.17) is 9.73 Å². The van der Waals surface area contributed by atoms with E-state index in [1.807, 2.05) is 67.5 Å². The molecule has 3 aromatic carbocycles. The Balaban J connectivity index is 1.82. The molecule has 0 bridgehead atoms. The number of esters is 1. The van der Waals surface area contributed by atoms with Crippen LogP contribution in [-0.4, -0.2) is 67.4 Å². The van der Waals surface area contributed by atoms with Crippen LogP contribution in [0.4, 0.5) is 11.4 Å². The molecular formula is C28H27BrN4O4. The maximum Gasteiger partial charge on any atom is 0.337 e. The summed E-state index contributed by atoms with van der Waals surface area (Å²) in [7, 11) is 6.75. The quantitative estimate of drug-likeness (QED) is 0.241. The van der Waals surface area contributed by atoms with Crippen LogP contribution in [0.3, 0.4) is 0 Å². The molecule has 1 amide bonds. The van der Waals surface area contributed by atoms with Gasteiger partial charge in [0.15, 0.2) is 5.88 Å². The molecule has 2 N–H and O–H groups in total. The third-order valence-corrected chi connectivity index (χ3v) is 6.48. The molecule has 1 aromatic heterocycles. The molecule has 0 aliphatic heterocycles. The number of ether oxygens (including phenoxy) is 1. The summed E-state index contributed by atoms with van der Waals surface area (Å²) in [6.07, 6.45) is 0. The second-order valence-electron chi connectivity index (χ2n) is 8.75. The summed E-state index contributed by atoms with van der Waals surface area (Å²) in [5.74, 6) is -0.570. The largest absolute Gasteiger partial charge is 0.494 e. The zero-order chi connectivity index (χ0) is 26.7. The minimum Gasteiger partial charge on any atom is -0.494 e. The van der Waals surface area contributed by atoms with E-state index in [1.165, 1.54) is 7.11 Å². The number of methoxy groups -OCH3 is 1. The Morgan fingerprint density at radius 1 is 1.00 bits per heavy atom. The van der Waals surface area contributed by atoms with E-state index in [-0.39, 0.29) is 11.8 Å². The third kappa shape index (κ3) is 5.58. The molecule has 0 unspecified atom stereocenters. The lowest BCUT2D eigenvalue weighted by atomic mass is 10.00. The zero-order valence-corrected chi connectivity index (χ0v) is 22.5. The van der Waals surface area contributed by atoms with Crippen LogP contribution in [0.15, 0.2) is 76.2 Å². The normalized spacial score (nSPS) is 11.7. The van der Waals surface area contributed by atoms with Gasteiger partial charge in [-0.15, -0.1) is 0 Å². The van der Waals surface area contributed by atoms with Gasteiger partial charge in [-0.3, -0.25) is 4.79 Å². The topological polar surface area (TPSA) is 98.2 Å². The maximum atomic E-state index is 12.5. The van der Waals surface area contributed by atoms with Crippen LogP contribution in [0, 0.1) is 0 Å². The first-order valence-corrected chi connectivity index (χ1v) is 12.3. The van der Waals surface area contributed by atoms with E-state index in [1.54, 1.807) is 30.1 Å². The van der Waals surface area contributed by atoms with Gasteiger partial charge in [0.05, 0.1) is 41.9 Å². The molecule has 9 heteroatoms. The number of anilines is 1. The summed E-state index contributed by atoms with van der Waals surface area (Å²) in [6, 6.07) is 20.1. The second-order valence-corrected chi connectivity index (χ2v) is 9.61. The van der Waals surface area contributed by atoms with E-state index >= 15 is 0 Å². The Bertz CT molecular complexity index is 1500. The average Bonchev–Trinajstić information content (AvgIpc) is 3.21. The molecule has 37 heavy (non-hydrogen) atoms. The van der Waals surface area contributed by atoms with Crippen molar-refractivity contribution in [2.24, 2.45) is 4.99 Å². The predicted molar refractivity (Wildman–Crippen MR) is 149 cm³/mol. The van der Waals surface area contributed by atoms with Crippen molar-refractivity contribution in [3.63, 3.8) is 0 Å². The number of aromatic nitrogens is 1. The van der Waals surface area contributed by atoms with Crippen LogP contribution < -0.4 is 4.90 Å². The second kappa shape index (κ2) is 11.0. The minimum absolute atomic E-state index is 0.0398. The summed E-state index contributed by atoms with van der Waals surface area (Å²) in [5, 5.41) is 11.6. The van der Waals surface area contributed by atoms with Crippen molar-refractivity contribution in [2.45, 2.75) is 0 Å². The Labute approximate surface area is 223 Å². The number of nitrogens with one attached hydrogen (secondary N) is 1. The van der Waals surface area contributed by atoms with Gasteiger partial charge in [-0.05, 0) is 60.4 Å². The highest BCUT2D eigenvalue weighted by atomic mass is 79.9. The molecule has 0 atom stereocenters. The molecule has 0 saturated carbocycles. The number of aromatic hydroxyl groups is 1. The summed E-state index contributed by atoms with van der Waals surface area (Å²) >= 11 is 3.58. The molecule has 0 spiro atoms. The number of likely N-dealkylation sites (N-methyl/N-ethyl adjacent to an activating group) is 2. The first kappa shape index (κ1) is 26.1. The number of aromatic amines is 1. The summed E-state index contributed by atoms with van der Waals surface area (Å²) < 4.78 is 5.53. The van der Waals surface area contributed by atoms with Gasteiger partial charge in [0.2, 0.25) is 5.91 Å². The van der Waals surface area contributed by atoms with Crippen molar-refractivity contribution in [1.82, 2.24) is 9.88 Å². The minimum atomic E-state index is -0.464. The van der Waals surface area contributed by atoms with Crippen molar-refractivity contribution < 1.29 is 19.4 Å². The van der Waals surface area contributed by atoms with Crippen molar-refractivity contribution >= 4 is 55.8 Å². The van der Waals surface area contributed by atoms with Crippen molar-refractivity contribution in [3.8, 4) is 5.88 Å². The number of benzene rings is 3. The van der Waals surface area contributed by atoms with E-state index in [0.29, 0.717) is 44.4 Å². The monoisotopic (exact) mass is 562 g/mol. The van der Waals surface area contributed by atoms with Crippen LogP contribution in [-0.2, 0) is 9.53 Å². The van der Waals surface area contributed by atoms with Gasteiger partial charge < -0.3 is 24.6 Å². The van der Waals surface area contributed by atoms with Gasteiger partial charge in [0.25, 0.3) is 0 Å². The summed E-state index contributed by atoms with van der Waals surface area (Å²) in [4.78, 5) is 35.8. The van der Waals surface area contributed by atoms with Crippen molar-refractivity contribution in [1.29, 1.82) is 0 Å². The van der Waals surface area contributed by atoms with Gasteiger partial charge in [-0.2, -0.15) is 0 Å². The molecule has 0 radical (unpaired) electrons. The number of rotatable bonds is 7. The number of amides is 1. The van der Waals surface area contributed by atoms with Gasteiger partial charge in [-0.25, -0.2) is 9.79 Å². The molecule has 8 nitrogen and oxygen atoms in total. The lowest BCUT2D eigenvalue weighted by Gasteiger charge is -2.21. The maximum absolute atomic E-state index is 12.5. The molecule has 0 aliphatic carbocycles. The molecule has 0 fully saturated rings. The molecule has 1 heterocycles. The Kier molecular flexibility index (Phi) is 7.75. The standard InChI is InChI=1S/C28H27BrN4O4/c1-32(2)16-24(34)33(3)23-13-11-19(15-21(23)29)30-26(17-8-6-5-7-9-17)25-20-12-10-18(28(36)37-4)14-22(20)31-27(25)35/h5-15,31,35H,16H2,1-4H3. The zero-order valence-electron chi connectivity index (χ0n) is 20.9. The van der Waals surface area contributed by atoms with E-state index in [2.05, 4.69) is 20.9 Å². The number of H-pyrrole nitrogens is 1. The first-order chi connectivity index (χ1) is 17.7. The smallest absolute Gasteiger partial charge is 0.337 e. The van der Waals surface area contributed by atoms with E-state index in [9.17, 15) is 14.7 Å². The highest BCUT2D eigenvalue weighted by Gasteiger charge is 2.21. The van der Waals surface area contributed by atoms with Crippen LogP contribution in [0.1, 0.15) is 21.5 Å². The number of carbonyl (C=O) groups is 2. The molecule has 4 rings (SSSR count). The number of halogens is 1. The lowest BCUT2D eigenvalue weighted by Crippen LogP contribution is -2.35. The third-order valence-electron chi connectivity index (χ3n) is 5.84. The number of aliphatic imine (C=N–C) groups is 1. The Hall–Kier alpha value is -3.95. The van der Waals surface area contributed by atoms with Crippen molar-refractivity contribution in [3.05, 3.63) is 87.9 Å². The molecule has 190 valence electrons. The fraction of sp³-hybridized carbons (Fsp3) is 0.179. The molecular weight excluding hydrogens is 536 g/mol. The highest BCUT2D eigenvalue weighted by Crippen LogP contribution is 2.34. The van der Waals surface area contributed by atoms with E-state index < -0.39 is 5.97 Å². The van der Waals surface area contributed by atoms with Gasteiger partial charge in [0, 0.05) is 28.0 Å². The van der Waals surface area contributed by atoms with Crippen molar-refractivity contribution in [2.75, 3.05) is 39.7 Å². The first-order valence-electron chi connectivity index (χ1n) is 11.5. The van der Waals surface area contributed by atoms with Crippen LogP contribution in [0.25, 0.3) is 10.9 Å². The SMILES string of the molecule is COC(=O)c1ccc2c(C(=Nc3ccc(N(C)C(=O)CN(C)C)c(Br)c3)c3ccccc3)c(O)[nH]c2c1. The fourth-order valence-corrected chi connectivity index (χ4v) is 4.64. The number of fused-ring (bicyclic) bond motifs is 1. The van der Waals surface area contributed by atoms with Gasteiger partial charge in [0.1, 0.15) is 0 Å². The molecule has 0 aliphatic rings. The van der Waals surface area contributed by atoms with Gasteiger partial charge in [-0.1, -0.05) is 36.4 Å². The Morgan fingerprint density at radius 2 is 1.73 bits per heavy atom. The lowest BCUT2D eigenvalue weighted by molar-refractivity contribution is -0.118.